The van der Waals surface area contributed by atoms with Gasteiger partial charge in [0.15, 0.2) is 17.5 Å². The fraction of sp³-hybridized carbons (Fsp3) is 0.129. The zero-order valence-electron chi connectivity index (χ0n) is 19.2. The molecule has 168 valence electrons. The zero-order chi connectivity index (χ0) is 23.2. The number of benzene rings is 3. The van der Waals surface area contributed by atoms with Crippen molar-refractivity contribution in [2.24, 2.45) is 0 Å². The Labute approximate surface area is 203 Å². The standard InChI is InChI=1S/C31H23N3O/c1-2-10-21(11-3-1)29-32-30(23-18-17-20-9-4-5-12-22(20)19-23)34-31(33-29)25-14-8-16-27-28(25)24-13-6-7-15-26(24)35-27/h1-4,6-7,9-11,13-15,17-19H,5,8,12,16H2. The summed E-state index contributed by atoms with van der Waals surface area (Å²) in [6.45, 7) is 0. The molecular formula is C31H23N3O. The molecule has 0 saturated carbocycles. The zero-order valence-corrected chi connectivity index (χ0v) is 19.2. The maximum Gasteiger partial charge on any atom is 0.164 e. The van der Waals surface area contributed by atoms with Crippen LogP contribution >= 0.6 is 0 Å². The molecule has 2 heterocycles. The van der Waals surface area contributed by atoms with E-state index in [-0.39, 0.29) is 0 Å². The van der Waals surface area contributed by atoms with E-state index in [9.17, 15) is 0 Å². The molecule has 0 bridgehead atoms. The van der Waals surface area contributed by atoms with Crippen LogP contribution in [0, 0.1) is 0 Å². The van der Waals surface area contributed by atoms with Crippen molar-refractivity contribution < 1.29 is 4.42 Å². The quantitative estimate of drug-likeness (QED) is 0.288. The molecule has 0 atom stereocenters. The van der Waals surface area contributed by atoms with Gasteiger partial charge in [-0.3, -0.25) is 0 Å². The molecule has 5 aromatic rings. The second-order valence-electron chi connectivity index (χ2n) is 9.08. The van der Waals surface area contributed by atoms with E-state index < -0.39 is 0 Å². The van der Waals surface area contributed by atoms with Crippen molar-refractivity contribution in [1.29, 1.82) is 0 Å². The Kier molecular flexibility index (Phi) is 4.69. The van der Waals surface area contributed by atoms with Crippen molar-refractivity contribution in [1.82, 2.24) is 15.0 Å². The molecule has 0 fully saturated rings. The molecule has 35 heavy (non-hydrogen) atoms. The molecule has 0 amide bonds. The molecule has 4 nitrogen and oxygen atoms in total. The number of furan rings is 1. The van der Waals surface area contributed by atoms with Crippen LogP contribution in [-0.4, -0.2) is 15.0 Å². The van der Waals surface area contributed by atoms with Gasteiger partial charge in [-0.2, -0.15) is 0 Å². The molecule has 4 heteroatoms. The largest absolute Gasteiger partial charge is 0.460 e. The summed E-state index contributed by atoms with van der Waals surface area (Å²) in [7, 11) is 0. The second-order valence-corrected chi connectivity index (χ2v) is 9.08. The number of para-hydroxylation sites is 1. The summed E-state index contributed by atoms with van der Waals surface area (Å²) in [5.74, 6) is 3.09. The molecule has 2 aliphatic rings. The first-order valence-electron chi connectivity index (χ1n) is 12.2. The van der Waals surface area contributed by atoms with Crippen LogP contribution in [0.25, 0.3) is 45.4 Å². The van der Waals surface area contributed by atoms with Crippen molar-refractivity contribution >= 4 is 22.6 Å². The number of hydrogen-bond donors (Lipinski definition) is 0. The van der Waals surface area contributed by atoms with Crippen molar-refractivity contribution in [2.45, 2.75) is 25.7 Å². The van der Waals surface area contributed by atoms with Crippen molar-refractivity contribution in [3.05, 3.63) is 113 Å². The molecule has 7 rings (SSSR count). The summed E-state index contributed by atoms with van der Waals surface area (Å²) in [6, 6.07) is 24.9. The third kappa shape index (κ3) is 3.50. The molecule has 0 radical (unpaired) electrons. The van der Waals surface area contributed by atoms with Crippen molar-refractivity contribution in [3.63, 3.8) is 0 Å². The summed E-state index contributed by atoms with van der Waals surface area (Å²) >= 11 is 0. The van der Waals surface area contributed by atoms with E-state index in [0.717, 1.165) is 64.7 Å². The van der Waals surface area contributed by atoms with E-state index in [1.807, 2.05) is 30.3 Å². The smallest absolute Gasteiger partial charge is 0.164 e. The topological polar surface area (TPSA) is 51.8 Å². The van der Waals surface area contributed by atoms with Gasteiger partial charge < -0.3 is 4.42 Å². The summed E-state index contributed by atoms with van der Waals surface area (Å²) in [5.41, 5.74) is 7.66. The minimum atomic E-state index is 0.684. The Balaban J connectivity index is 1.43. The molecule has 0 saturated heterocycles. The lowest BCUT2D eigenvalue weighted by atomic mass is 9.93. The molecule has 2 aromatic heterocycles. The van der Waals surface area contributed by atoms with Crippen molar-refractivity contribution in [3.8, 4) is 22.8 Å². The highest BCUT2D eigenvalue weighted by atomic mass is 16.3. The molecule has 0 aliphatic heterocycles. The fourth-order valence-corrected chi connectivity index (χ4v) is 5.14. The number of rotatable bonds is 3. The SMILES string of the molecule is C1=Cc2ccc(-c3nc(C4=CCCc5oc6ccccc6c54)nc(-c4ccccc4)n3)cc2CC1. The normalized spacial score (nSPS) is 14.5. The van der Waals surface area contributed by atoms with Gasteiger partial charge in [-0.25, -0.2) is 15.0 Å². The number of allylic oxidation sites excluding steroid dienone is 2. The molecule has 2 aliphatic carbocycles. The lowest BCUT2D eigenvalue weighted by Gasteiger charge is -2.15. The van der Waals surface area contributed by atoms with E-state index in [2.05, 4.69) is 60.7 Å². The molecular weight excluding hydrogens is 430 g/mol. The van der Waals surface area contributed by atoms with Gasteiger partial charge in [0.05, 0.1) is 0 Å². The minimum Gasteiger partial charge on any atom is -0.460 e. The van der Waals surface area contributed by atoms with Gasteiger partial charge in [0, 0.05) is 34.1 Å². The average molecular weight is 454 g/mol. The number of hydrogen-bond acceptors (Lipinski definition) is 4. The van der Waals surface area contributed by atoms with Gasteiger partial charge in [-0.1, -0.05) is 78.9 Å². The first kappa shape index (κ1) is 20.1. The highest BCUT2D eigenvalue weighted by molar-refractivity contribution is 5.97. The minimum absolute atomic E-state index is 0.684. The Bertz CT molecular complexity index is 1640. The molecule has 0 unspecified atom stereocenters. The fourth-order valence-electron chi connectivity index (χ4n) is 5.14. The number of fused-ring (bicyclic) bond motifs is 4. The number of aromatic nitrogens is 3. The van der Waals surface area contributed by atoms with E-state index in [0.29, 0.717) is 17.5 Å². The van der Waals surface area contributed by atoms with Crippen LogP contribution in [0.15, 0.2) is 89.4 Å². The Morgan fingerprint density at radius 3 is 2.40 bits per heavy atom. The van der Waals surface area contributed by atoms with Gasteiger partial charge >= 0.3 is 0 Å². The predicted octanol–water partition coefficient (Wildman–Crippen LogP) is 7.29. The third-order valence-electron chi connectivity index (χ3n) is 6.84. The monoisotopic (exact) mass is 453 g/mol. The maximum atomic E-state index is 6.22. The Morgan fingerprint density at radius 2 is 1.49 bits per heavy atom. The first-order chi connectivity index (χ1) is 17.3. The number of aryl methyl sites for hydroxylation is 2. The first-order valence-corrected chi connectivity index (χ1v) is 12.2. The van der Waals surface area contributed by atoms with Crippen molar-refractivity contribution in [2.75, 3.05) is 0 Å². The van der Waals surface area contributed by atoms with Gasteiger partial charge in [0.2, 0.25) is 0 Å². The van der Waals surface area contributed by atoms with Gasteiger partial charge in [-0.15, -0.1) is 0 Å². The lowest BCUT2D eigenvalue weighted by molar-refractivity contribution is 0.545. The summed E-state index contributed by atoms with van der Waals surface area (Å²) in [6.07, 6.45) is 10.6. The molecule has 3 aromatic carbocycles. The lowest BCUT2D eigenvalue weighted by Crippen LogP contribution is -2.07. The summed E-state index contributed by atoms with van der Waals surface area (Å²) in [5, 5.41) is 1.11. The second kappa shape index (κ2) is 8.17. The molecule has 0 N–H and O–H groups in total. The van der Waals surface area contributed by atoms with Gasteiger partial charge in [0.25, 0.3) is 0 Å². The van der Waals surface area contributed by atoms with Crippen LogP contribution < -0.4 is 0 Å². The van der Waals surface area contributed by atoms with Crippen LogP contribution in [0.2, 0.25) is 0 Å². The van der Waals surface area contributed by atoms with Gasteiger partial charge in [0.1, 0.15) is 11.3 Å². The third-order valence-corrected chi connectivity index (χ3v) is 6.84. The molecule has 0 spiro atoms. The van der Waals surface area contributed by atoms with Crippen LogP contribution in [0.4, 0.5) is 0 Å². The predicted molar refractivity (Wildman–Crippen MR) is 140 cm³/mol. The van der Waals surface area contributed by atoms with Crippen LogP contribution in [-0.2, 0) is 12.8 Å². The highest BCUT2D eigenvalue weighted by Gasteiger charge is 2.25. The Morgan fingerprint density at radius 1 is 0.686 bits per heavy atom. The van der Waals surface area contributed by atoms with Crippen LogP contribution in [0.5, 0.6) is 0 Å². The summed E-state index contributed by atoms with van der Waals surface area (Å²) in [4.78, 5) is 15.0. The van der Waals surface area contributed by atoms with Gasteiger partial charge in [-0.05, 0) is 42.5 Å². The van der Waals surface area contributed by atoms with E-state index >= 15 is 0 Å². The van der Waals surface area contributed by atoms with E-state index in [1.165, 1.54) is 11.1 Å². The highest BCUT2D eigenvalue weighted by Crippen LogP contribution is 2.38. The maximum absolute atomic E-state index is 6.22. The Hall–Kier alpha value is -4.31. The van der Waals surface area contributed by atoms with Crippen LogP contribution in [0.1, 0.15) is 41.1 Å². The average Bonchev–Trinajstić information content (AvgIpc) is 3.32. The van der Waals surface area contributed by atoms with E-state index in [4.69, 9.17) is 19.4 Å². The summed E-state index contributed by atoms with van der Waals surface area (Å²) < 4.78 is 6.22. The van der Waals surface area contributed by atoms with Crippen LogP contribution in [0.3, 0.4) is 0 Å². The number of nitrogens with zero attached hydrogens (tertiary/aromatic N) is 3. The van der Waals surface area contributed by atoms with E-state index in [1.54, 1.807) is 0 Å².